The normalized spacial score (nSPS) is 21.5. The minimum absolute atomic E-state index is 0.0114. The highest BCUT2D eigenvalue weighted by atomic mass is 35.5. The van der Waals surface area contributed by atoms with Crippen molar-refractivity contribution in [2.75, 3.05) is 33.4 Å². The van der Waals surface area contributed by atoms with Crippen molar-refractivity contribution in [1.29, 1.82) is 5.41 Å². The molecule has 0 bridgehead atoms. The molecule has 3 heterocycles. The number of aromatic nitrogens is 1. The maximum absolute atomic E-state index is 12.7. The van der Waals surface area contributed by atoms with E-state index in [2.05, 4.69) is 16.9 Å². The molecule has 7 heteroatoms. The Morgan fingerprint density at radius 2 is 2.15 bits per heavy atom. The van der Waals surface area contributed by atoms with Crippen molar-refractivity contribution < 1.29 is 9.69 Å². The second-order valence-corrected chi connectivity index (χ2v) is 7.53. The Bertz CT molecular complexity index is 892. The van der Waals surface area contributed by atoms with E-state index in [4.69, 9.17) is 17.0 Å². The molecule has 1 aromatic heterocycles. The zero-order valence-electron chi connectivity index (χ0n) is 15.2. The van der Waals surface area contributed by atoms with Crippen molar-refractivity contribution in [3.05, 3.63) is 64.4 Å². The lowest BCUT2D eigenvalue weighted by atomic mass is 9.97. The molecule has 0 aliphatic carbocycles. The van der Waals surface area contributed by atoms with Crippen molar-refractivity contribution in [1.82, 2.24) is 14.8 Å². The van der Waals surface area contributed by atoms with E-state index in [9.17, 15) is 4.79 Å². The molecule has 3 N–H and O–H groups in total. The van der Waals surface area contributed by atoms with Gasteiger partial charge in [-0.25, -0.2) is 4.90 Å². The van der Waals surface area contributed by atoms with E-state index in [0.717, 1.165) is 47.9 Å². The lowest BCUT2D eigenvalue weighted by Gasteiger charge is -2.39. The van der Waals surface area contributed by atoms with Gasteiger partial charge in [0.2, 0.25) is 0 Å². The maximum atomic E-state index is 12.7. The van der Waals surface area contributed by atoms with Crippen molar-refractivity contribution in [2.24, 2.45) is 0 Å². The van der Waals surface area contributed by atoms with Gasteiger partial charge >= 0.3 is 0 Å². The van der Waals surface area contributed by atoms with E-state index in [-0.39, 0.29) is 11.9 Å². The predicted molar refractivity (Wildman–Crippen MR) is 106 cm³/mol. The molecule has 1 aromatic carbocycles. The molecule has 2 atom stereocenters. The number of halogens is 1. The first-order valence-corrected chi connectivity index (χ1v) is 9.48. The fourth-order valence-electron chi connectivity index (χ4n) is 3.95. The summed E-state index contributed by atoms with van der Waals surface area (Å²) in [4.78, 5) is 21.4. The Balaban J connectivity index is 1.68. The number of hydrogen-bond acceptors (Lipinski definition) is 3. The second-order valence-electron chi connectivity index (χ2n) is 7.12. The number of quaternary nitrogens is 1. The van der Waals surface area contributed by atoms with Crippen LogP contribution in [0.4, 0.5) is 0 Å². The third kappa shape index (κ3) is 3.20. The minimum Gasteiger partial charge on any atom is -0.360 e. The number of carbonyl (C=O) groups excluding carboxylic acids is 1. The van der Waals surface area contributed by atoms with E-state index in [1.807, 2.05) is 42.6 Å². The Morgan fingerprint density at radius 1 is 1.33 bits per heavy atom. The standard InChI is InChI=1S/C20H22ClN5O/c1-24-9-10-25(13-24)18(14-5-2-3-6-16(14)21)12-26-19(15(11-22)20(26)27)17-7-4-8-23-17/h2-8,11,18,22-23H,9-10,12-13H2,1H3/p+1. The van der Waals surface area contributed by atoms with Crippen molar-refractivity contribution in [2.45, 2.75) is 6.04 Å². The summed E-state index contributed by atoms with van der Waals surface area (Å²) in [5.41, 5.74) is 3.13. The first kappa shape index (κ1) is 18.0. The summed E-state index contributed by atoms with van der Waals surface area (Å²) in [5.74, 6) is -0.105. The van der Waals surface area contributed by atoms with Crippen LogP contribution in [-0.2, 0) is 4.79 Å². The average Bonchev–Trinajstić information content (AvgIpc) is 3.33. The molecule has 2 aliphatic rings. The topological polar surface area (TPSA) is 67.6 Å². The minimum atomic E-state index is -0.105. The second kappa shape index (κ2) is 7.31. The lowest BCUT2D eigenvalue weighted by molar-refractivity contribution is -0.871. The maximum Gasteiger partial charge on any atom is 0.262 e. The summed E-state index contributed by atoms with van der Waals surface area (Å²) >= 11 is 6.52. The molecule has 1 fully saturated rings. The number of nitrogens with one attached hydrogen (secondary N) is 3. The summed E-state index contributed by atoms with van der Waals surface area (Å²) in [7, 11) is 2.18. The molecular weight excluding hydrogens is 362 g/mol. The van der Waals surface area contributed by atoms with Crippen LogP contribution in [0.25, 0.3) is 5.70 Å². The van der Waals surface area contributed by atoms with Gasteiger partial charge < -0.3 is 20.2 Å². The van der Waals surface area contributed by atoms with Crippen molar-refractivity contribution in [3.8, 4) is 0 Å². The number of rotatable bonds is 6. The zero-order chi connectivity index (χ0) is 19.0. The van der Waals surface area contributed by atoms with Gasteiger partial charge in [0.25, 0.3) is 5.91 Å². The first-order chi connectivity index (χ1) is 13.1. The molecule has 140 valence electrons. The van der Waals surface area contributed by atoms with Crippen LogP contribution in [0.2, 0.25) is 5.02 Å². The van der Waals surface area contributed by atoms with Gasteiger partial charge in [-0.15, -0.1) is 0 Å². The largest absolute Gasteiger partial charge is 0.360 e. The number of benzene rings is 1. The summed E-state index contributed by atoms with van der Waals surface area (Å²) in [6, 6.07) is 11.7. The molecule has 2 aliphatic heterocycles. The van der Waals surface area contributed by atoms with E-state index < -0.39 is 0 Å². The number of H-pyrrole nitrogens is 1. The Hall–Kier alpha value is -2.41. The van der Waals surface area contributed by atoms with Crippen LogP contribution in [-0.4, -0.2) is 60.3 Å². The smallest absolute Gasteiger partial charge is 0.262 e. The van der Waals surface area contributed by atoms with Gasteiger partial charge in [0.1, 0.15) is 6.67 Å². The number of hydrogen-bond donors (Lipinski definition) is 3. The number of carbonyl (C=O) groups is 1. The number of nitrogens with zero attached hydrogens (tertiary/aromatic N) is 2. The molecular formula is C20H23ClN5O+. The average molecular weight is 385 g/mol. The highest BCUT2D eigenvalue weighted by Gasteiger charge is 2.40. The van der Waals surface area contributed by atoms with Gasteiger partial charge in [-0.05, 0) is 23.8 Å². The molecule has 27 heavy (non-hydrogen) atoms. The molecule has 2 aromatic rings. The van der Waals surface area contributed by atoms with Crippen LogP contribution in [0.15, 0.2) is 48.2 Å². The molecule has 1 saturated heterocycles. The van der Waals surface area contributed by atoms with Gasteiger partial charge in [0.15, 0.2) is 0 Å². The van der Waals surface area contributed by atoms with Crippen molar-refractivity contribution in [3.63, 3.8) is 0 Å². The van der Waals surface area contributed by atoms with Crippen LogP contribution < -0.4 is 4.90 Å². The number of amides is 1. The number of likely N-dealkylation sites (N-methyl/N-ethyl adjacent to an activating group) is 1. The predicted octanol–water partition coefficient (Wildman–Crippen LogP) is 1.40. The fraction of sp³-hybridized carbons (Fsp3) is 0.300. The third-order valence-corrected chi connectivity index (χ3v) is 5.70. The highest BCUT2D eigenvalue weighted by molar-refractivity contribution is 6.31. The monoisotopic (exact) mass is 384 g/mol. The van der Waals surface area contributed by atoms with Crippen LogP contribution >= 0.6 is 11.6 Å². The highest BCUT2D eigenvalue weighted by Crippen LogP contribution is 2.36. The van der Waals surface area contributed by atoms with Crippen LogP contribution in [0.3, 0.4) is 0 Å². The number of aromatic amines is 1. The summed E-state index contributed by atoms with van der Waals surface area (Å²) in [6.07, 6.45) is 2.97. The summed E-state index contributed by atoms with van der Waals surface area (Å²) in [5, 5.41) is 8.33. The van der Waals surface area contributed by atoms with Gasteiger partial charge in [-0.2, -0.15) is 0 Å². The van der Waals surface area contributed by atoms with Crippen LogP contribution in [0.1, 0.15) is 17.3 Å². The Morgan fingerprint density at radius 3 is 2.78 bits per heavy atom. The van der Waals surface area contributed by atoms with Gasteiger partial charge in [-0.3, -0.25) is 4.79 Å². The zero-order valence-corrected chi connectivity index (χ0v) is 16.0. The first-order valence-electron chi connectivity index (χ1n) is 9.10. The molecule has 0 radical (unpaired) electrons. The van der Waals surface area contributed by atoms with Crippen molar-refractivity contribution >= 4 is 29.4 Å². The van der Waals surface area contributed by atoms with Gasteiger partial charge in [-0.1, -0.05) is 29.8 Å². The van der Waals surface area contributed by atoms with Gasteiger partial charge in [0.05, 0.1) is 43.1 Å². The molecule has 1 amide bonds. The molecule has 0 spiro atoms. The van der Waals surface area contributed by atoms with E-state index >= 15 is 0 Å². The molecule has 0 saturated carbocycles. The SMILES string of the molecule is C[NH+]1CCN(C(CN2C(=O)C(C=N)=C2c2ccc[nH]2)c2ccccc2Cl)C1. The summed E-state index contributed by atoms with van der Waals surface area (Å²) in [6.45, 7) is 3.46. The van der Waals surface area contributed by atoms with Crippen LogP contribution in [0, 0.1) is 5.41 Å². The Labute approximate surface area is 163 Å². The molecule has 4 rings (SSSR count). The quantitative estimate of drug-likeness (QED) is 0.659. The van der Waals surface area contributed by atoms with E-state index in [1.54, 1.807) is 4.90 Å². The van der Waals surface area contributed by atoms with Crippen LogP contribution in [0.5, 0.6) is 0 Å². The van der Waals surface area contributed by atoms with E-state index in [0.29, 0.717) is 12.1 Å². The Kier molecular flexibility index (Phi) is 4.86. The summed E-state index contributed by atoms with van der Waals surface area (Å²) < 4.78 is 0. The third-order valence-electron chi connectivity index (χ3n) is 5.36. The lowest BCUT2D eigenvalue weighted by Crippen LogP contribution is -3.07. The molecule has 2 unspecified atom stereocenters. The fourth-order valence-corrected chi connectivity index (χ4v) is 4.21. The van der Waals surface area contributed by atoms with Gasteiger partial charge in [0, 0.05) is 24.0 Å². The molecule has 6 nitrogen and oxygen atoms in total. The van der Waals surface area contributed by atoms with E-state index in [1.165, 1.54) is 4.90 Å².